The van der Waals surface area contributed by atoms with Crippen molar-refractivity contribution in [1.29, 1.82) is 0 Å². The molecule has 0 saturated carbocycles. The Morgan fingerprint density at radius 1 is 1.37 bits per heavy atom. The van der Waals surface area contributed by atoms with Crippen LogP contribution in [0.4, 0.5) is 13.2 Å². The summed E-state index contributed by atoms with van der Waals surface area (Å²) in [5, 5.41) is 9.81. The van der Waals surface area contributed by atoms with Crippen molar-refractivity contribution in [1.82, 2.24) is 4.90 Å². The molecule has 0 radical (unpaired) electrons. The minimum atomic E-state index is -4.80. The van der Waals surface area contributed by atoms with Gasteiger partial charge in [-0.05, 0) is 37.6 Å². The van der Waals surface area contributed by atoms with Crippen molar-refractivity contribution >= 4 is 16.9 Å². The van der Waals surface area contributed by atoms with Crippen molar-refractivity contribution in [2.45, 2.75) is 19.5 Å². The molecule has 0 bridgehead atoms. The van der Waals surface area contributed by atoms with Crippen molar-refractivity contribution in [2.75, 3.05) is 26.2 Å². The van der Waals surface area contributed by atoms with Crippen molar-refractivity contribution in [3.8, 4) is 5.75 Å². The molecule has 1 saturated heterocycles. The van der Waals surface area contributed by atoms with Gasteiger partial charge in [0.1, 0.15) is 17.9 Å². The van der Waals surface area contributed by atoms with Crippen LogP contribution in [0.2, 0.25) is 0 Å². The van der Waals surface area contributed by atoms with E-state index in [0.717, 1.165) is 10.9 Å². The largest absolute Gasteiger partial charge is 0.492 e. The first-order valence-electron chi connectivity index (χ1n) is 8.32. The van der Waals surface area contributed by atoms with E-state index in [1.54, 1.807) is 25.1 Å². The lowest BCUT2D eigenvalue weighted by Gasteiger charge is -2.27. The second-order valence-corrected chi connectivity index (χ2v) is 6.67. The monoisotopic (exact) mass is 385 g/mol. The Morgan fingerprint density at radius 2 is 2.11 bits per heavy atom. The molecule has 1 N–H and O–H groups in total. The summed E-state index contributed by atoms with van der Waals surface area (Å²) < 4.78 is 50.2. The highest BCUT2D eigenvalue weighted by Gasteiger charge is 2.63. The first-order valence-corrected chi connectivity index (χ1v) is 8.32. The number of ether oxygens (including phenoxy) is 1. The lowest BCUT2D eigenvalue weighted by atomic mass is 9.86. The van der Waals surface area contributed by atoms with E-state index in [4.69, 9.17) is 14.3 Å². The summed E-state index contributed by atoms with van der Waals surface area (Å²) in [7, 11) is 0. The number of benzene rings is 1. The molecule has 1 atom stereocenters. The summed E-state index contributed by atoms with van der Waals surface area (Å²) in [5.41, 5.74) is -2.08. The fourth-order valence-corrected chi connectivity index (χ4v) is 3.29. The van der Waals surface area contributed by atoms with Gasteiger partial charge >= 0.3 is 17.8 Å². The van der Waals surface area contributed by atoms with E-state index in [2.05, 4.69) is 0 Å². The molecule has 27 heavy (non-hydrogen) atoms. The van der Waals surface area contributed by atoms with Crippen molar-refractivity contribution < 1.29 is 32.2 Å². The van der Waals surface area contributed by atoms with E-state index < -0.39 is 36.2 Å². The lowest BCUT2D eigenvalue weighted by molar-refractivity contribution is -0.227. The van der Waals surface area contributed by atoms with Crippen molar-refractivity contribution in [3.63, 3.8) is 0 Å². The highest BCUT2D eigenvalue weighted by molar-refractivity contribution is 5.81. The van der Waals surface area contributed by atoms with Gasteiger partial charge in [-0.2, -0.15) is 13.2 Å². The van der Waals surface area contributed by atoms with Crippen LogP contribution in [0.5, 0.6) is 5.75 Å². The molecule has 9 heteroatoms. The Hall–Kier alpha value is -2.55. The number of nitrogens with zero attached hydrogens (tertiary/aromatic N) is 1. The molecular formula is C18H18F3NO5. The smallest absolute Gasteiger partial charge is 0.406 e. The molecule has 1 unspecified atom stereocenters. The van der Waals surface area contributed by atoms with Gasteiger partial charge in [0.25, 0.3) is 0 Å². The number of aryl methyl sites for hydroxylation is 1. The number of halogens is 3. The molecule has 0 aliphatic carbocycles. The van der Waals surface area contributed by atoms with Crippen LogP contribution >= 0.6 is 0 Å². The van der Waals surface area contributed by atoms with Crippen molar-refractivity contribution in [3.05, 3.63) is 40.2 Å². The third kappa shape index (κ3) is 3.64. The van der Waals surface area contributed by atoms with Gasteiger partial charge in [0.15, 0.2) is 5.41 Å². The number of likely N-dealkylation sites (tertiary alicyclic amines) is 1. The van der Waals surface area contributed by atoms with E-state index in [1.165, 1.54) is 11.0 Å². The molecule has 1 aliphatic rings. The zero-order valence-corrected chi connectivity index (χ0v) is 14.5. The SMILES string of the molecule is Cc1cc(=O)oc2cc(OCCN3CCC(C(=O)O)(C(F)(F)F)C3)ccc12. The second kappa shape index (κ2) is 6.88. The number of carboxylic acids is 1. The molecule has 1 aromatic heterocycles. The average Bonchev–Trinajstić information content (AvgIpc) is 3.00. The zero-order chi connectivity index (χ0) is 19.8. The van der Waals surface area contributed by atoms with E-state index in [0.29, 0.717) is 11.3 Å². The average molecular weight is 385 g/mol. The second-order valence-electron chi connectivity index (χ2n) is 6.67. The molecule has 146 valence electrons. The van der Waals surface area contributed by atoms with E-state index in [1.807, 2.05) is 0 Å². The van der Waals surface area contributed by atoms with Gasteiger partial charge < -0.3 is 14.3 Å². The molecule has 1 aromatic carbocycles. The summed E-state index contributed by atoms with van der Waals surface area (Å²) >= 11 is 0. The highest BCUT2D eigenvalue weighted by Crippen LogP contribution is 2.45. The molecule has 0 amide bonds. The van der Waals surface area contributed by atoms with Crippen LogP contribution in [0.15, 0.2) is 33.5 Å². The van der Waals surface area contributed by atoms with Crippen LogP contribution < -0.4 is 10.4 Å². The van der Waals surface area contributed by atoms with Gasteiger partial charge in [-0.1, -0.05) is 0 Å². The van der Waals surface area contributed by atoms with E-state index in [9.17, 15) is 22.8 Å². The van der Waals surface area contributed by atoms with Gasteiger partial charge in [0.05, 0.1) is 0 Å². The minimum absolute atomic E-state index is 0.0287. The van der Waals surface area contributed by atoms with E-state index >= 15 is 0 Å². The molecule has 2 aromatic rings. The first kappa shape index (κ1) is 19.2. The fraction of sp³-hybridized carbons (Fsp3) is 0.444. The fourth-order valence-electron chi connectivity index (χ4n) is 3.29. The molecule has 1 aliphatic heterocycles. The van der Waals surface area contributed by atoms with Crippen LogP contribution in [0.1, 0.15) is 12.0 Å². The predicted octanol–water partition coefficient (Wildman–Crippen LogP) is 2.82. The van der Waals surface area contributed by atoms with Crippen LogP contribution in [0.3, 0.4) is 0 Å². The Kier molecular flexibility index (Phi) is 4.90. The Bertz CT molecular complexity index is 923. The van der Waals surface area contributed by atoms with Gasteiger partial charge in [-0.3, -0.25) is 9.69 Å². The zero-order valence-electron chi connectivity index (χ0n) is 14.5. The summed E-state index contributed by atoms with van der Waals surface area (Å²) in [6, 6.07) is 6.34. The number of rotatable bonds is 5. The van der Waals surface area contributed by atoms with Gasteiger partial charge in [0, 0.05) is 30.6 Å². The number of alkyl halides is 3. The number of hydrogen-bond acceptors (Lipinski definition) is 5. The van der Waals surface area contributed by atoms with Crippen LogP contribution in [0.25, 0.3) is 11.0 Å². The number of hydrogen-bond donors (Lipinski definition) is 1. The number of aliphatic carboxylic acids is 1. The predicted molar refractivity (Wildman–Crippen MR) is 89.9 cm³/mol. The maximum absolute atomic E-state index is 13.2. The number of carbonyl (C=O) groups is 1. The summed E-state index contributed by atoms with van der Waals surface area (Å²) in [4.78, 5) is 24.0. The minimum Gasteiger partial charge on any atom is -0.492 e. The molecule has 6 nitrogen and oxygen atoms in total. The Labute approximate surface area is 152 Å². The topological polar surface area (TPSA) is 80.0 Å². The van der Waals surface area contributed by atoms with Crippen LogP contribution in [0, 0.1) is 12.3 Å². The molecule has 1 fully saturated rings. The molecular weight excluding hydrogens is 367 g/mol. The number of fused-ring (bicyclic) bond motifs is 1. The standard InChI is InChI=1S/C18H18F3NO5/c1-11-8-15(23)27-14-9-12(2-3-13(11)14)26-7-6-22-5-4-17(10-22,16(24)25)18(19,20)21/h2-3,8-9H,4-7,10H2,1H3,(H,24,25). The summed E-state index contributed by atoms with van der Waals surface area (Å²) in [5.74, 6) is -1.44. The van der Waals surface area contributed by atoms with Crippen LogP contribution in [-0.2, 0) is 4.79 Å². The third-order valence-corrected chi connectivity index (χ3v) is 4.90. The molecule has 2 heterocycles. The summed E-state index contributed by atoms with van der Waals surface area (Å²) in [6.07, 6.45) is -5.28. The Morgan fingerprint density at radius 3 is 2.74 bits per heavy atom. The Balaban J connectivity index is 1.63. The normalized spacial score (nSPS) is 20.9. The van der Waals surface area contributed by atoms with Crippen LogP contribution in [-0.4, -0.2) is 48.4 Å². The maximum atomic E-state index is 13.2. The van der Waals surface area contributed by atoms with E-state index in [-0.39, 0.29) is 19.7 Å². The molecule has 0 spiro atoms. The first-order chi connectivity index (χ1) is 12.6. The maximum Gasteiger partial charge on any atom is 0.406 e. The van der Waals surface area contributed by atoms with Crippen molar-refractivity contribution in [2.24, 2.45) is 5.41 Å². The third-order valence-electron chi connectivity index (χ3n) is 4.90. The quantitative estimate of drug-likeness (QED) is 0.798. The number of carboxylic acid groups (broad SMARTS) is 1. The molecule has 3 rings (SSSR count). The van der Waals surface area contributed by atoms with Gasteiger partial charge in [-0.25, -0.2) is 4.79 Å². The highest BCUT2D eigenvalue weighted by atomic mass is 19.4. The summed E-state index contributed by atoms with van der Waals surface area (Å²) in [6.45, 7) is 1.44. The van der Waals surface area contributed by atoms with Gasteiger partial charge in [-0.15, -0.1) is 0 Å². The lowest BCUT2D eigenvalue weighted by Crippen LogP contribution is -2.47. The van der Waals surface area contributed by atoms with Gasteiger partial charge in [0.2, 0.25) is 0 Å².